The van der Waals surface area contributed by atoms with E-state index in [1.807, 2.05) is 0 Å². The molecule has 0 aromatic carbocycles. The summed E-state index contributed by atoms with van der Waals surface area (Å²) in [5, 5.41) is 14.4. The van der Waals surface area contributed by atoms with Crippen LogP contribution in [0.15, 0.2) is 22.8 Å². The lowest BCUT2D eigenvalue weighted by Crippen LogP contribution is -2.42. The fourth-order valence-corrected chi connectivity index (χ4v) is 1.96. The summed E-state index contributed by atoms with van der Waals surface area (Å²) in [5.74, 6) is -0.622. The molecule has 2 rings (SSSR count). The van der Waals surface area contributed by atoms with E-state index in [4.69, 9.17) is 5.11 Å². The van der Waals surface area contributed by atoms with Gasteiger partial charge in [0, 0.05) is 10.7 Å². The van der Waals surface area contributed by atoms with Gasteiger partial charge in [0.1, 0.15) is 11.9 Å². The number of carboxylic acid groups (broad SMARTS) is 1. The van der Waals surface area contributed by atoms with Crippen molar-refractivity contribution >= 4 is 33.6 Å². The van der Waals surface area contributed by atoms with Gasteiger partial charge in [-0.15, -0.1) is 0 Å². The van der Waals surface area contributed by atoms with Gasteiger partial charge < -0.3 is 10.4 Å². The van der Waals surface area contributed by atoms with Crippen LogP contribution in [0.5, 0.6) is 0 Å². The SMILES string of the molecule is O=C(CNC(C(=O)O)C1CC1)Nc1ccc(Br)cn1. The van der Waals surface area contributed by atoms with Crippen molar-refractivity contribution in [3.63, 3.8) is 0 Å². The Morgan fingerprint density at radius 1 is 1.47 bits per heavy atom. The van der Waals surface area contributed by atoms with Crippen molar-refractivity contribution in [3.05, 3.63) is 22.8 Å². The number of aliphatic carboxylic acids is 1. The van der Waals surface area contributed by atoms with Crippen molar-refractivity contribution in [3.8, 4) is 0 Å². The normalized spacial score (nSPS) is 15.8. The van der Waals surface area contributed by atoms with Gasteiger partial charge in [-0.25, -0.2) is 4.98 Å². The maximum absolute atomic E-state index is 11.6. The van der Waals surface area contributed by atoms with Gasteiger partial charge in [0.15, 0.2) is 0 Å². The number of aromatic nitrogens is 1. The molecule has 1 aliphatic rings. The van der Waals surface area contributed by atoms with E-state index >= 15 is 0 Å². The minimum absolute atomic E-state index is 0.0365. The maximum Gasteiger partial charge on any atom is 0.320 e. The molecule has 0 radical (unpaired) electrons. The lowest BCUT2D eigenvalue weighted by Gasteiger charge is -2.13. The molecule has 0 aliphatic heterocycles. The van der Waals surface area contributed by atoms with Crippen LogP contribution in [-0.4, -0.2) is 34.6 Å². The minimum Gasteiger partial charge on any atom is -0.480 e. The van der Waals surface area contributed by atoms with Crippen molar-refractivity contribution in [2.45, 2.75) is 18.9 Å². The molecule has 0 saturated heterocycles. The van der Waals surface area contributed by atoms with Crippen molar-refractivity contribution < 1.29 is 14.7 Å². The topological polar surface area (TPSA) is 91.3 Å². The Kier molecular flexibility index (Phi) is 4.49. The van der Waals surface area contributed by atoms with E-state index in [9.17, 15) is 9.59 Å². The predicted molar refractivity (Wildman–Crippen MR) is 72.7 cm³/mol. The lowest BCUT2D eigenvalue weighted by molar-refractivity contribution is -0.140. The van der Waals surface area contributed by atoms with Crippen LogP contribution in [-0.2, 0) is 9.59 Å². The molecule has 1 fully saturated rings. The molecule has 1 saturated carbocycles. The smallest absolute Gasteiger partial charge is 0.320 e. The van der Waals surface area contributed by atoms with Gasteiger partial charge in [0.2, 0.25) is 5.91 Å². The van der Waals surface area contributed by atoms with Gasteiger partial charge in [-0.2, -0.15) is 0 Å². The van der Waals surface area contributed by atoms with E-state index in [-0.39, 0.29) is 18.4 Å². The van der Waals surface area contributed by atoms with E-state index < -0.39 is 12.0 Å². The first-order valence-corrected chi connectivity index (χ1v) is 6.73. The number of nitrogens with zero attached hydrogens (tertiary/aromatic N) is 1. The highest BCUT2D eigenvalue weighted by atomic mass is 79.9. The van der Waals surface area contributed by atoms with Crippen LogP contribution in [0.25, 0.3) is 0 Å². The van der Waals surface area contributed by atoms with Crippen molar-refractivity contribution in [1.29, 1.82) is 0 Å². The number of halogens is 1. The number of amides is 1. The summed E-state index contributed by atoms with van der Waals surface area (Å²) < 4.78 is 0.822. The second-order valence-electron chi connectivity index (χ2n) is 4.44. The summed E-state index contributed by atoms with van der Waals surface area (Å²) in [6.07, 6.45) is 3.38. The van der Waals surface area contributed by atoms with Gasteiger partial charge in [-0.05, 0) is 46.8 Å². The first kappa shape index (κ1) is 14.0. The highest BCUT2D eigenvalue weighted by Gasteiger charge is 2.36. The van der Waals surface area contributed by atoms with E-state index in [1.165, 1.54) is 0 Å². The van der Waals surface area contributed by atoms with Crippen molar-refractivity contribution in [1.82, 2.24) is 10.3 Å². The zero-order valence-electron chi connectivity index (χ0n) is 10.1. The average molecular weight is 328 g/mol. The number of nitrogens with one attached hydrogen (secondary N) is 2. The van der Waals surface area contributed by atoms with Crippen LogP contribution in [0.4, 0.5) is 5.82 Å². The number of anilines is 1. The van der Waals surface area contributed by atoms with Gasteiger partial charge >= 0.3 is 5.97 Å². The summed E-state index contributed by atoms with van der Waals surface area (Å²) in [6, 6.07) is 2.79. The zero-order chi connectivity index (χ0) is 13.8. The van der Waals surface area contributed by atoms with Crippen LogP contribution in [0.1, 0.15) is 12.8 Å². The van der Waals surface area contributed by atoms with E-state index in [0.29, 0.717) is 5.82 Å². The molecule has 0 bridgehead atoms. The third-order valence-electron chi connectivity index (χ3n) is 2.84. The Bertz CT molecular complexity index is 474. The second kappa shape index (κ2) is 6.12. The zero-order valence-corrected chi connectivity index (χ0v) is 11.7. The average Bonchev–Trinajstić information content (AvgIpc) is 3.16. The number of carboxylic acids is 1. The molecular weight excluding hydrogens is 314 g/mol. The first-order valence-electron chi connectivity index (χ1n) is 5.94. The summed E-state index contributed by atoms with van der Waals surface area (Å²) in [7, 11) is 0. The van der Waals surface area contributed by atoms with Crippen molar-refractivity contribution in [2.24, 2.45) is 5.92 Å². The van der Waals surface area contributed by atoms with Crippen LogP contribution in [0.3, 0.4) is 0 Å². The number of carbonyl (C=O) groups is 2. The quantitative estimate of drug-likeness (QED) is 0.731. The minimum atomic E-state index is -0.905. The number of hydrogen-bond donors (Lipinski definition) is 3. The second-order valence-corrected chi connectivity index (χ2v) is 5.36. The third-order valence-corrected chi connectivity index (χ3v) is 3.31. The Labute approximate surface area is 118 Å². The van der Waals surface area contributed by atoms with Gasteiger partial charge in [0.25, 0.3) is 0 Å². The highest BCUT2D eigenvalue weighted by Crippen LogP contribution is 2.32. The van der Waals surface area contributed by atoms with Crippen molar-refractivity contribution in [2.75, 3.05) is 11.9 Å². The molecule has 7 heteroatoms. The molecular formula is C12H14BrN3O3. The predicted octanol–water partition coefficient (Wildman–Crippen LogP) is 1.24. The number of rotatable bonds is 6. The van der Waals surface area contributed by atoms with Gasteiger partial charge in [0.05, 0.1) is 6.54 Å². The number of carbonyl (C=O) groups excluding carboxylic acids is 1. The fraction of sp³-hybridized carbons (Fsp3) is 0.417. The summed E-state index contributed by atoms with van der Waals surface area (Å²) in [6.45, 7) is -0.0365. The summed E-state index contributed by atoms with van der Waals surface area (Å²) in [4.78, 5) is 26.6. The van der Waals surface area contributed by atoms with E-state index in [0.717, 1.165) is 17.3 Å². The molecule has 102 valence electrons. The lowest BCUT2D eigenvalue weighted by atomic mass is 10.2. The molecule has 3 N–H and O–H groups in total. The molecule has 19 heavy (non-hydrogen) atoms. The largest absolute Gasteiger partial charge is 0.480 e. The Morgan fingerprint density at radius 3 is 2.74 bits per heavy atom. The molecule has 1 aliphatic carbocycles. The monoisotopic (exact) mass is 327 g/mol. The molecule has 0 spiro atoms. The molecule has 1 amide bonds. The molecule has 1 heterocycles. The standard InChI is InChI=1S/C12H14BrN3O3/c13-8-3-4-9(14-5-8)16-10(17)6-15-11(12(18)19)7-1-2-7/h3-5,7,11,15H,1-2,6H2,(H,18,19)(H,14,16,17). The first-order chi connectivity index (χ1) is 9.06. The molecule has 6 nitrogen and oxygen atoms in total. The maximum atomic E-state index is 11.6. The van der Waals surface area contributed by atoms with E-state index in [2.05, 4.69) is 31.5 Å². The van der Waals surface area contributed by atoms with Crippen LogP contribution in [0, 0.1) is 5.92 Å². The Hall–Kier alpha value is -1.47. The highest BCUT2D eigenvalue weighted by molar-refractivity contribution is 9.10. The number of hydrogen-bond acceptors (Lipinski definition) is 4. The molecule has 1 aromatic rings. The summed E-state index contributed by atoms with van der Waals surface area (Å²) >= 11 is 3.25. The van der Waals surface area contributed by atoms with Crippen LogP contribution < -0.4 is 10.6 Å². The Balaban J connectivity index is 1.80. The molecule has 1 aromatic heterocycles. The fourth-order valence-electron chi connectivity index (χ4n) is 1.72. The Morgan fingerprint density at radius 2 is 2.21 bits per heavy atom. The van der Waals surface area contributed by atoms with Gasteiger partial charge in [-0.3, -0.25) is 14.9 Å². The molecule has 1 atom stereocenters. The van der Waals surface area contributed by atoms with E-state index in [1.54, 1.807) is 18.3 Å². The molecule has 1 unspecified atom stereocenters. The number of pyridine rings is 1. The van der Waals surface area contributed by atoms with Crippen LogP contribution in [0.2, 0.25) is 0 Å². The van der Waals surface area contributed by atoms with Crippen LogP contribution >= 0.6 is 15.9 Å². The van der Waals surface area contributed by atoms with Gasteiger partial charge in [-0.1, -0.05) is 0 Å². The summed E-state index contributed by atoms with van der Waals surface area (Å²) in [5.41, 5.74) is 0. The third kappa shape index (κ3) is 4.29.